The van der Waals surface area contributed by atoms with Gasteiger partial charge in [0, 0.05) is 43.0 Å². The lowest BCUT2D eigenvalue weighted by molar-refractivity contribution is -0.136. The van der Waals surface area contributed by atoms with Crippen LogP contribution in [0.1, 0.15) is 29.7 Å². The number of carbonyl (C=O) groups is 1. The van der Waals surface area contributed by atoms with Crippen molar-refractivity contribution in [2.45, 2.75) is 32.6 Å². The van der Waals surface area contributed by atoms with Gasteiger partial charge in [-0.3, -0.25) is 4.79 Å². The van der Waals surface area contributed by atoms with Gasteiger partial charge in [-0.2, -0.15) is 4.98 Å². The van der Waals surface area contributed by atoms with Crippen molar-refractivity contribution in [1.82, 2.24) is 9.97 Å². The molecule has 3 rings (SSSR count). The number of anilines is 3. The minimum absolute atomic E-state index is 0.0490. The van der Waals surface area contributed by atoms with E-state index in [1.807, 2.05) is 6.92 Å². The van der Waals surface area contributed by atoms with E-state index in [0.717, 1.165) is 43.7 Å². The van der Waals surface area contributed by atoms with E-state index in [4.69, 9.17) is 10.8 Å². The van der Waals surface area contributed by atoms with Crippen LogP contribution in [0.25, 0.3) is 0 Å². The van der Waals surface area contributed by atoms with Crippen LogP contribution in [-0.4, -0.2) is 40.7 Å². The highest BCUT2D eigenvalue weighted by molar-refractivity contribution is 5.67. The SMILES string of the molecule is Cc1nc(N)nc(NCCCN2CCc3ccccc32)c1CCC(=O)O. The molecule has 1 aliphatic rings. The minimum Gasteiger partial charge on any atom is -0.481 e. The zero-order valence-corrected chi connectivity index (χ0v) is 15.0. The zero-order chi connectivity index (χ0) is 18.5. The third-order valence-corrected chi connectivity index (χ3v) is 4.70. The number of nitrogen functional groups attached to an aromatic ring is 1. The number of aliphatic carboxylic acids is 1. The number of hydrogen-bond acceptors (Lipinski definition) is 6. The van der Waals surface area contributed by atoms with Crippen LogP contribution in [0.5, 0.6) is 0 Å². The molecular formula is C19H25N5O2. The maximum Gasteiger partial charge on any atom is 0.303 e. The maximum absolute atomic E-state index is 10.9. The molecule has 7 heteroatoms. The number of aryl methyl sites for hydroxylation is 1. The van der Waals surface area contributed by atoms with Crippen LogP contribution in [0.2, 0.25) is 0 Å². The first-order valence-electron chi connectivity index (χ1n) is 8.96. The fourth-order valence-corrected chi connectivity index (χ4v) is 3.41. The van der Waals surface area contributed by atoms with E-state index in [2.05, 4.69) is 44.5 Å². The summed E-state index contributed by atoms with van der Waals surface area (Å²) in [5.41, 5.74) is 10.1. The number of nitrogens with one attached hydrogen (secondary N) is 1. The van der Waals surface area contributed by atoms with Crippen LogP contribution in [0.3, 0.4) is 0 Å². The number of hydrogen-bond donors (Lipinski definition) is 3. The molecule has 0 atom stereocenters. The Morgan fingerprint density at radius 3 is 2.96 bits per heavy atom. The average molecular weight is 355 g/mol. The lowest BCUT2D eigenvalue weighted by Gasteiger charge is -2.20. The predicted octanol–water partition coefficient (Wildman–Crippen LogP) is 2.25. The Balaban J connectivity index is 1.57. The van der Waals surface area contributed by atoms with Gasteiger partial charge in [0.1, 0.15) is 5.82 Å². The molecule has 138 valence electrons. The molecule has 2 heterocycles. The molecule has 7 nitrogen and oxygen atoms in total. The smallest absolute Gasteiger partial charge is 0.303 e. The summed E-state index contributed by atoms with van der Waals surface area (Å²) in [5, 5.41) is 12.3. The number of carboxylic acids is 1. The number of para-hydroxylation sites is 1. The number of benzene rings is 1. The number of aromatic nitrogens is 2. The molecule has 26 heavy (non-hydrogen) atoms. The molecule has 0 fully saturated rings. The molecule has 2 aromatic rings. The molecule has 1 aliphatic heterocycles. The number of carboxylic acid groups (broad SMARTS) is 1. The van der Waals surface area contributed by atoms with Gasteiger partial charge in [0.25, 0.3) is 0 Å². The van der Waals surface area contributed by atoms with Crippen molar-refractivity contribution >= 4 is 23.4 Å². The Morgan fingerprint density at radius 2 is 2.15 bits per heavy atom. The van der Waals surface area contributed by atoms with Crippen molar-refractivity contribution in [2.75, 3.05) is 35.6 Å². The Labute approximate surface area is 153 Å². The van der Waals surface area contributed by atoms with Crippen molar-refractivity contribution in [1.29, 1.82) is 0 Å². The fourth-order valence-electron chi connectivity index (χ4n) is 3.41. The fraction of sp³-hybridized carbons (Fsp3) is 0.421. The standard InChI is InChI=1S/C19H25N5O2/c1-13-15(7-8-17(25)26)18(23-19(20)22-13)21-10-4-11-24-12-9-14-5-2-3-6-16(14)24/h2-3,5-6H,4,7-12H2,1H3,(H,25,26)(H3,20,21,22,23). The molecule has 0 unspecified atom stereocenters. The van der Waals surface area contributed by atoms with Crippen molar-refractivity contribution in [3.05, 3.63) is 41.1 Å². The number of nitrogens with zero attached hydrogens (tertiary/aromatic N) is 3. The van der Waals surface area contributed by atoms with E-state index in [-0.39, 0.29) is 12.4 Å². The Hall–Kier alpha value is -2.83. The lowest BCUT2D eigenvalue weighted by atomic mass is 10.1. The monoisotopic (exact) mass is 355 g/mol. The van der Waals surface area contributed by atoms with Gasteiger partial charge in [0.15, 0.2) is 0 Å². The second kappa shape index (κ2) is 8.03. The Kier molecular flexibility index (Phi) is 5.55. The quantitative estimate of drug-likeness (QED) is 0.624. The zero-order valence-electron chi connectivity index (χ0n) is 15.0. The van der Waals surface area contributed by atoms with Crippen LogP contribution in [0.15, 0.2) is 24.3 Å². The summed E-state index contributed by atoms with van der Waals surface area (Å²) in [6, 6.07) is 8.53. The number of fused-ring (bicyclic) bond motifs is 1. The van der Waals surface area contributed by atoms with Gasteiger partial charge >= 0.3 is 5.97 Å². The van der Waals surface area contributed by atoms with Crippen molar-refractivity contribution in [2.24, 2.45) is 0 Å². The summed E-state index contributed by atoms with van der Waals surface area (Å²) in [6.45, 7) is 4.60. The predicted molar refractivity (Wildman–Crippen MR) is 103 cm³/mol. The number of rotatable bonds is 8. The molecule has 0 saturated carbocycles. The molecule has 0 saturated heterocycles. The Bertz CT molecular complexity index is 793. The first-order chi connectivity index (χ1) is 12.5. The van der Waals surface area contributed by atoms with Crippen molar-refractivity contribution in [3.8, 4) is 0 Å². The molecule has 0 spiro atoms. The van der Waals surface area contributed by atoms with E-state index >= 15 is 0 Å². The van der Waals surface area contributed by atoms with Gasteiger partial charge in [-0.25, -0.2) is 4.98 Å². The van der Waals surface area contributed by atoms with Crippen LogP contribution < -0.4 is 16.0 Å². The first kappa shape index (κ1) is 18.0. The molecule has 1 aromatic heterocycles. The van der Waals surface area contributed by atoms with Crippen molar-refractivity contribution < 1.29 is 9.90 Å². The van der Waals surface area contributed by atoms with E-state index < -0.39 is 5.97 Å². The molecule has 0 bridgehead atoms. The second-order valence-electron chi connectivity index (χ2n) is 6.53. The van der Waals surface area contributed by atoms with E-state index in [0.29, 0.717) is 12.2 Å². The normalized spacial score (nSPS) is 12.9. The molecule has 1 aromatic carbocycles. The number of nitrogens with two attached hydrogens (primary N) is 1. The molecule has 0 radical (unpaired) electrons. The van der Waals surface area contributed by atoms with Crippen LogP contribution >= 0.6 is 0 Å². The highest BCUT2D eigenvalue weighted by Gasteiger charge is 2.17. The van der Waals surface area contributed by atoms with Crippen LogP contribution in [0, 0.1) is 6.92 Å². The highest BCUT2D eigenvalue weighted by atomic mass is 16.4. The summed E-state index contributed by atoms with van der Waals surface area (Å²) in [5.74, 6) is 0.0236. The molecule has 0 amide bonds. The minimum atomic E-state index is -0.833. The molecule has 0 aliphatic carbocycles. The van der Waals surface area contributed by atoms with Crippen molar-refractivity contribution in [3.63, 3.8) is 0 Å². The first-order valence-corrected chi connectivity index (χ1v) is 8.96. The molecular weight excluding hydrogens is 330 g/mol. The summed E-state index contributed by atoms with van der Waals surface area (Å²) >= 11 is 0. The third kappa shape index (κ3) is 4.22. The lowest BCUT2D eigenvalue weighted by Crippen LogP contribution is -2.24. The Morgan fingerprint density at radius 1 is 1.35 bits per heavy atom. The van der Waals surface area contributed by atoms with Crippen LogP contribution in [-0.2, 0) is 17.6 Å². The van der Waals surface area contributed by atoms with Gasteiger partial charge in [-0.05, 0) is 37.8 Å². The summed E-state index contributed by atoms with van der Waals surface area (Å²) in [4.78, 5) is 21.7. The van der Waals surface area contributed by atoms with E-state index in [1.54, 1.807) is 0 Å². The summed E-state index contributed by atoms with van der Waals surface area (Å²) in [7, 11) is 0. The molecule has 4 N–H and O–H groups in total. The van der Waals surface area contributed by atoms with E-state index in [9.17, 15) is 4.79 Å². The average Bonchev–Trinajstić information content (AvgIpc) is 3.01. The van der Waals surface area contributed by atoms with Gasteiger partial charge in [-0.1, -0.05) is 18.2 Å². The largest absolute Gasteiger partial charge is 0.481 e. The summed E-state index contributed by atoms with van der Waals surface area (Å²) < 4.78 is 0. The highest BCUT2D eigenvalue weighted by Crippen LogP contribution is 2.27. The maximum atomic E-state index is 10.9. The van der Waals surface area contributed by atoms with Crippen LogP contribution in [0.4, 0.5) is 17.5 Å². The topological polar surface area (TPSA) is 104 Å². The third-order valence-electron chi connectivity index (χ3n) is 4.70. The second-order valence-corrected chi connectivity index (χ2v) is 6.53. The van der Waals surface area contributed by atoms with Gasteiger partial charge in [0.05, 0.1) is 0 Å². The van der Waals surface area contributed by atoms with Gasteiger partial charge < -0.3 is 21.1 Å². The van der Waals surface area contributed by atoms with Gasteiger partial charge in [-0.15, -0.1) is 0 Å². The van der Waals surface area contributed by atoms with Gasteiger partial charge in [0.2, 0.25) is 5.95 Å². The summed E-state index contributed by atoms with van der Waals surface area (Å²) in [6.07, 6.45) is 2.50. The van der Waals surface area contributed by atoms with E-state index in [1.165, 1.54) is 11.3 Å².